The fourth-order valence-corrected chi connectivity index (χ4v) is 1.41. The zero-order chi connectivity index (χ0) is 10.7. The molecule has 76 valence electrons. The van der Waals surface area contributed by atoms with E-state index >= 15 is 0 Å². The Morgan fingerprint density at radius 3 is 2.64 bits per heavy atom. The van der Waals surface area contributed by atoms with Gasteiger partial charge in [0.25, 0.3) is 0 Å². The molecule has 0 aromatic heterocycles. The Morgan fingerprint density at radius 1 is 1.50 bits per heavy atom. The van der Waals surface area contributed by atoms with Gasteiger partial charge >= 0.3 is 0 Å². The number of carboxylic acid groups (broad SMARTS) is 1. The van der Waals surface area contributed by atoms with Crippen molar-refractivity contribution in [3.05, 3.63) is 29.3 Å². The van der Waals surface area contributed by atoms with Crippen LogP contribution in [0.3, 0.4) is 0 Å². The van der Waals surface area contributed by atoms with Gasteiger partial charge in [0.15, 0.2) is 0 Å². The number of hydrogen-bond donors (Lipinski definition) is 1. The first kappa shape index (κ1) is 10.6. The lowest BCUT2D eigenvalue weighted by atomic mass is 9.99. The van der Waals surface area contributed by atoms with Crippen LogP contribution in [0.2, 0.25) is 0 Å². The molecule has 0 aliphatic rings. The molecule has 14 heavy (non-hydrogen) atoms. The van der Waals surface area contributed by atoms with Gasteiger partial charge in [-0.15, -0.1) is 0 Å². The standard InChI is InChI=1S/C11H15NO2/c1-7(2)6-8-4-3-5-9(10(8)12)11(13)14/h3-5,7H,6,12H2,1-2H3,(H,13,14)/p-1. The van der Waals surface area contributed by atoms with E-state index in [4.69, 9.17) is 5.73 Å². The Bertz CT molecular complexity index is 345. The minimum absolute atomic E-state index is 0.0863. The smallest absolute Gasteiger partial charge is 0.0736 e. The van der Waals surface area contributed by atoms with E-state index < -0.39 is 5.97 Å². The van der Waals surface area contributed by atoms with Gasteiger partial charge < -0.3 is 15.6 Å². The molecule has 0 spiro atoms. The van der Waals surface area contributed by atoms with Crippen LogP contribution in [-0.2, 0) is 6.42 Å². The fraction of sp³-hybridized carbons (Fsp3) is 0.364. The van der Waals surface area contributed by atoms with Gasteiger partial charge in [0.2, 0.25) is 0 Å². The van der Waals surface area contributed by atoms with E-state index in [2.05, 4.69) is 13.8 Å². The first-order chi connectivity index (χ1) is 6.52. The van der Waals surface area contributed by atoms with Crippen molar-refractivity contribution in [3.63, 3.8) is 0 Å². The van der Waals surface area contributed by atoms with Crippen molar-refractivity contribution in [1.82, 2.24) is 0 Å². The zero-order valence-electron chi connectivity index (χ0n) is 8.41. The maximum absolute atomic E-state index is 10.7. The van der Waals surface area contributed by atoms with Crippen LogP contribution in [0.1, 0.15) is 29.8 Å². The monoisotopic (exact) mass is 192 g/mol. The lowest BCUT2D eigenvalue weighted by Gasteiger charge is -2.12. The number of carboxylic acids is 1. The van der Waals surface area contributed by atoms with Crippen LogP contribution in [0.15, 0.2) is 18.2 Å². The van der Waals surface area contributed by atoms with Crippen LogP contribution in [0.5, 0.6) is 0 Å². The quantitative estimate of drug-likeness (QED) is 0.721. The van der Waals surface area contributed by atoms with Crippen LogP contribution in [0, 0.1) is 5.92 Å². The molecule has 0 atom stereocenters. The highest BCUT2D eigenvalue weighted by Crippen LogP contribution is 2.19. The number of nitrogens with two attached hydrogens (primary N) is 1. The Hall–Kier alpha value is -1.51. The molecule has 3 heteroatoms. The highest BCUT2D eigenvalue weighted by Gasteiger charge is 2.06. The fourth-order valence-electron chi connectivity index (χ4n) is 1.41. The average molecular weight is 192 g/mol. The minimum atomic E-state index is -1.21. The lowest BCUT2D eigenvalue weighted by Crippen LogP contribution is -2.24. The molecule has 0 aliphatic carbocycles. The summed E-state index contributed by atoms with van der Waals surface area (Å²) in [6.45, 7) is 4.12. The molecule has 0 saturated heterocycles. The molecule has 0 fully saturated rings. The molecule has 0 radical (unpaired) electrons. The first-order valence-electron chi connectivity index (χ1n) is 4.61. The molecular formula is C11H14NO2-. The van der Waals surface area contributed by atoms with Gasteiger partial charge in [-0.3, -0.25) is 0 Å². The summed E-state index contributed by atoms with van der Waals surface area (Å²) in [5.41, 5.74) is 7.01. The summed E-state index contributed by atoms with van der Waals surface area (Å²) in [4.78, 5) is 10.7. The summed E-state index contributed by atoms with van der Waals surface area (Å²) in [6.07, 6.45) is 0.785. The average Bonchev–Trinajstić information content (AvgIpc) is 2.07. The summed E-state index contributed by atoms with van der Waals surface area (Å²) in [5, 5.41) is 10.7. The zero-order valence-corrected chi connectivity index (χ0v) is 8.41. The molecule has 1 rings (SSSR count). The molecule has 1 aromatic carbocycles. The van der Waals surface area contributed by atoms with Gasteiger partial charge in [-0.2, -0.15) is 0 Å². The lowest BCUT2D eigenvalue weighted by molar-refractivity contribution is -0.254. The van der Waals surface area contributed by atoms with Crippen molar-refractivity contribution in [3.8, 4) is 0 Å². The summed E-state index contributed by atoms with van der Waals surface area (Å²) in [7, 11) is 0. The number of nitrogen functional groups attached to an aromatic ring is 1. The number of carbonyl (C=O) groups excluding carboxylic acids is 1. The highest BCUT2D eigenvalue weighted by molar-refractivity contribution is 5.92. The topological polar surface area (TPSA) is 66.1 Å². The SMILES string of the molecule is CC(C)Cc1cccc(C(=O)[O-])c1N. The van der Waals surface area contributed by atoms with Crippen LogP contribution in [-0.4, -0.2) is 5.97 Å². The third-order valence-corrected chi connectivity index (χ3v) is 2.04. The van der Waals surface area contributed by atoms with E-state index in [9.17, 15) is 9.90 Å². The van der Waals surface area contributed by atoms with Gasteiger partial charge in [-0.05, 0) is 17.9 Å². The van der Waals surface area contributed by atoms with Crippen LogP contribution in [0.4, 0.5) is 5.69 Å². The third kappa shape index (κ3) is 2.25. The molecule has 0 saturated carbocycles. The number of benzene rings is 1. The maximum atomic E-state index is 10.7. The van der Waals surface area contributed by atoms with E-state index in [0.717, 1.165) is 12.0 Å². The van der Waals surface area contributed by atoms with Crippen LogP contribution in [0.25, 0.3) is 0 Å². The molecule has 0 heterocycles. The van der Waals surface area contributed by atoms with Crippen LogP contribution >= 0.6 is 0 Å². The molecule has 2 N–H and O–H groups in total. The van der Waals surface area contributed by atoms with Crippen molar-refractivity contribution in [2.24, 2.45) is 5.92 Å². The molecule has 0 bridgehead atoms. The molecule has 3 nitrogen and oxygen atoms in total. The highest BCUT2D eigenvalue weighted by atomic mass is 16.4. The summed E-state index contributed by atoms with van der Waals surface area (Å²) in [6, 6.07) is 5.01. The number of para-hydroxylation sites is 1. The van der Waals surface area contributed by atoms with E-state index in [1.807, 2.05) is 6.07 Å². The molecule has 0 amide bonds. The third-order valence-electron chi connectivity index (χ3n) is 2.04. The maximum Gasteiger partial charge on any atom is 0.0736 e. The molecular weight excluding hydrogens is 178 g/mol. The van der Waals surface area contributed by atoms with Crippen LogP contribution < -0.4 is 10.8 Å². The number of carbonyl (C=O) groups is 1. The second-order valence-electron chi connectivity index (χ2n) is 3.76. The van der Waals surface area contributed by atoms with E-state index in [1.165, 1.54) is 6.07 Å². The van der Waals surface area contributed by atoms with Crippen molar-refractivity contribution in [1.29, 1.82) is 0 Å². The summed E-state index contributed by atoms with van der Waals surface area (Å²) in [5.74, 6) is -0.762. The predicted octanol–water partition coefficient (Wildman–Crippen LogP) is 0.831. The van der Waals surface area contributed by atoms with Gasteiger partial charge in [0.05, 0.1) is 5.97 Å². The Kier molecular flexibility index (Phi) is 3.12. The summed E-state index contributed by atoms with van der Waals surface area (Å²) >= 11 is 0. The number of anilines is 1. The van der Waals surface area contributed by atoms with Gasteiger partial charge in [0, 0.05) is 11.3 Å². The van der Waals surface area contributed by atoms with Gasteiger partial charge in [0.1, 0.15) is 0 Å². The predicted molar refractivity (Wildman–Crippen MR) is 53.7 cm³/mol. The number of rotatable bonds is 3. The van der Waals surface area contributed by atoms with E-state index in [-0.39, 0.29) is 5.56 Å². The molecule has 0 aliphatic heterocycles. The molecule has 0 unspecified atom stereocenters. The second-order valence-corrected chi connectivity index (χ2v) is 3.76. The second kappa shape index (κ2) is 4.13. The largest absolute Gasteiger partial charge is 0.545 e. The van der Waals surface area contributed by atoms with Crippen molar-refractivity contribution in [2.75, 3.05) is 5.73 Å². The van der Waals surface area contributed by atoms with Gasteiger partial charge in [-0.25, -0.2) is 0 Å². The van der Waals surface area contributed by atoms with Crippen molar-refractivity contribution < 1.29 is 9.90 Å². The van der Waals surface area contributed by atoms with Gasteiger partial charge in [-0.1, -0.05) is 32.0 Å². The number of aromatic carboxylic acids is 1. The minimum Gasteiger partial charge on any atom is -0.545 e. The first-order valence-corrected chi connectivity index (χ1v) is 4.61. The summed E-state index contributed by atoms with van der Waals surface area (Å²) < 4.78 is 0. The van der Waals surface area contributed by atoms with E-state index in [1.54, 1.807) is 6.07 Å². The Labute approximate surface area is 83.6 Å². The Morgan fingerprint density at radius 2 is 2.14 bits per heavy atom. The van der Waals surface area contributed by atoms with E-state index in [0.29, 0.717) is 11.6 Å². The number of hydrogen-bond acceptors (Lipinski definition) is 3. The van der Waals surface area contributed by atoms with Crippen molar-refractivity contribution >= 4 is 11.7 Å². The normalized spacial score (nSPS) is 10.5. The Balaban J connectivity index is 3.07. The van der Waals surface area contributed by atoms with Crippen molar-refractivity contribution in [2.45, 2.75) is 20.3 Å². The molecule has 1 aromatic rings.